The number of hydrogen-bond donors (Lipinski definition) is 0. The van der Waals surface area contributed by atoms with Crippen LogP contribution >= 0.6 is 61.5 Å². The molecule has 0 N–H and O–H groups in total. The maximum absolute atomic E-state index is 6.68. The van der Waals surface area contributed by atoms with Crippen molar-refractivity contribution in [2.75, 3.05) is 7.11 Å². The van der Waals surface area contributed by atoms with Crippen molar-refractivity contribution in [3.63, 3.8) is 0 Å². The van der Waals surface area contributed by atoms with Crippen LogP contribution in [0.4, 0.5) is 0 Å². The molecule has 1 unspecified atom stereocenters. The van der Waals surface area contributed by atoms with Gasteiger partial charge in [0.05, 0.1) is 15.4 Å². The van der Waals surface area contributed by atoms with Crippen LogP contribution in [0.15, 0.2) is 22.0 Å². The molecule has 2 aromatic rings. The van der Waals surface area contributed by atoms with Crippen molar-refractivity contribution in [2.45, 2.75) is 19.2 Å². The minimum atomic E-state index is -0.189. The van der Waals surface area contributed by atoms with E-state index in [-0.39, 0.29) is 5.38 Å². The number of halogens is 3. The second kappa shape index (κ2) is 6.33. The van der Waals surface area contributed by atoms with Gasteiger partial charge in [-0.15, -0.1) is 22.9 Å². The Bertz CT molecular complexity index is 612. The third kappa shape index (κ3) is 3.12. The topological polar surface area (TPSA) is 9.23 Å². The number of rotatable bonds is 3. The van der Waals surface area contributed by atoms with E-state index in [2.05, 4.69) is 63.0 Å². The quantitative estimate of drug-likeness (QED) is 0.390. The second-order valence-corrected chi connectivity index (χ2v) is 8.39. The molecule has 5 heteroatoms. The fourth-order valence-electron chi connectivity index (χ4n) is 2.07. The maximum Gasteiger partial charge on any atom is 0.127 e. The van der Waals surface area contributed by atoms with E-state index >= 15 is 0 Å². The maximum atomic E-state index is 6.68. The fraction of sp³-hybridized carbons (Fsp3) is 0.286. The lowest BCUT2D eigenvalue weighted by Gasteiger charge is -2.19. The molecular formula is C14H13BrClIOS. The first-order valence-electron chi connectivity index (χ1n) is 5.67. The predicted molar refractivity (Wildman–Crippen MR) is 94.9 cm³/mol. The van der Waals surface area contributed by atoms with Gasteiger partial charge in [0.25, 0.3) is 0 Å². The van der Waals surface area contributed by atoms with Gasteiger partial charge in [0.1, 0.15) is 5.75 Å². The Labute approximate surface area is 144 Å². The Kier molecular flexibility index (Phi) is 5.20. The molecule has 0 aliphatic carbocycles. The Balaban J connectivity index is 2.60. The first kappa shape index (κ1) is 15.6. The van der Waals surface area contributed by atoms with Crippen LogP contribution in [-0.2, 0) is 0 Å². The molecule has 0 amide bonds. The molecular weight excluding hydrogens is 458 g/mol. The van der Waals surface area contributed by atoms with E-state index in [4.69, 9.17) is 16.3 Å². The van der Waals surface area contributed by atoms with Crippen LogP contribution in [0.25, 0.3) is 0 Å². The molecule has 2 rings (SSSR count). The van der Waals surface area contributed by atoms with Crippen molar-refractivity contribution in [1.29, 1.82) is 0 Å². The smallest absolute Gasteiger partial charge is 0.127 e. The van der Waals surface area contributed by atoms with Gasteiger partial charge in [-0.25, -0.2) is 0 Å². The van der Waals surface area contributed by atoms with Crippen molar-refractivity contribution in [2.24, 2.45) is 0 Å². The molecule has 1 heterocycles. The summed E-state index contributed by atoms with van der Waals surface area (Å²) in [6.07, 6.45) is 0. The zero-order chi connectivity index (χ0) is 14.2. The number of methoxy groups -OCH3 is 1. The van der Waals surface area contributed by atoms with E-state index in [9.17, 15) is 0 Å². The van der Waals surface area contributed by atoms with Gasteiger partial charge in [-0.05, 0) is 70.6 Å². The van der Waals surface area contributed by atoms with Crippen molar-refractivity contribution >= 4 is 61.5 Å². The van der Waals surface area contributed by atoms with Crippen LogP contribution in [-0.4, -0.2) is 7.11 Å². The minimum absolute atomic E-state index is 0.189. The van der Waals surface area contributed by atoms with Gasteiger partial charge in [0, 0.05) is 10.0 Å². The highest BCUT2D eigenvalue weighted by molar-refractivity contribution is 14.1. The van der Waals surface area contributed by atoms with Crippen LogP contribution in [0.5, 0.6) is 5.75 Å². The molecule has 0 spiro atoms. The standard InChI is InChI=1S/C14H13BrClIOS/c1-7-4-10(15)8(2)12(14(7)18-3)13(16)9-5-11(17)19-6-9/h4-6,13H,1-3H3. The second-order valence-electron chi connectivity index (χ2n) is 4.29. The van der Waals surface area contributed by atoms with Crippen molar-refractivity contribution in [3.8, 4) is 5.75 Å². The van der Waals surface area contributed by atoms with E-state index in [1.54, 1.807) is 18.4 Å². The number of alkyl halides is 1. The normalized spacial score (nSPS) is 12.5. The van der Waals surface area contributed by atoms with Gasteiger partial charge in [0.15, 0.2) is 0 Å². The van der Waals surface area contributed by atoms with E-state index in [0.717, 1.165) is 32.5 Å². The molecule has 1 aromatic carbocycles. The van der Waals surface area contributed by atoms with Crippen LogP contribution in [0.3, 0.4) is 0 Å². The molecule has 1 aromatic heterocycles. The summed E-state index contributed by atoms with van der Waals surface area (Å²) < 4.78 is 7.86. The molecule has 0 aliphatic heterocycles. The average molecular weight is 472 g/mol. The molecule has 0 aliphatic rings. The lowest BCUT2D eigenvalue weighted by molar-refractivity contribution is 0.406. The predicted octanol–water partition coefficient (Wildman–Crippen LogP) is 6.07. The van der Waals surface area contributed by atoms with E-state index in [1.807, 2.05) is 6.92 Å². The van der Waals surface area contributed by atoms with Crippen LogP contribution in [0.2, 0.25) is 0 Å². The number of benzene rings is 1. The third-order valence-corrected chi connectivity index (χ3v) is 6.15. The zero-order valence-corrected chi connectivity index (χ0v) is 16.1. The summed E-state index contributed by atoms with van der Waals surface area (Å²) in [6, 6.07) is 4.19. The Morgan fingerprint density at radius 1 is 1.37 bits per heavy atom. The molecule has 0 saturated heterocycles. The Hall–Kier alpha value is 0.220. The first-order chi connectivity index (χ1) is 8.95. The van der Waals surface area contributed by atoms with Gasteiger partial charge >= 0.3 is 0 Å². The van der Waals surface area contributed by atoms with E-state index in [1.165, 1.54) is 2.88 Å². The van der Waals surface area contributed by atoms with Crippen LogP contribution < -0.4 is 4.74 Å². The number of ether oxygens (including phenoxy) is 1. The van der Waals surface area contributed by atoms with E-state index in [0.29, 0.717) is 0 Å². The summed E-state index contributed by atoms with van der Waals surface area (Å²) in [7, 11) is 1.69. The average Bonchev–Trinajstić information content (AvgIpc) is 2.79. The monoisotopic (exact) mass is 470 g/mol. The van der Waals surface area contributed by atoms with Crippen LogP contribution in [0, 0.1) is 16.7 Å². The summed E-state index contributed by atoms with van der Waals surface area (Å²) in [5.41, 5.74) is 4.38. The van der Waals surface area contributed by atoms with Gasteiger partial charge < -0.3 is 4.74 Å². The third-order valence-electron chi connectivity index (χ3n) is 3.05. The van der Waals surface area contributed by atoms with E-state index < -0.39 is 0 Å². The lowest BCUT2D eigenvalue weighted by atomic mass is 9.98. The largest absolute Gasteiger partial charge is 0.496 e. The summed E-state index contributed by atoms with van der Waals surface area (Å²) in [5.74, 6) is 0.877. The number of hydrogen-bond acceptors (Lipinski definition) is 2. The highest BCUT2D eigenvalue weighted by Crippen LogP contribution is 2.42. The number of thiophene rings is 1. The molecule has 1 nitrogen and oxygen atoms in total. The Morgan fingerprint density at radius 3 is 2.58 bits per heavy atom. The summed E-state index contributed by atoms with van der Waals surface area (Å²) in [4.78, 5) is 0. The van der Waals surface area contributed by atoms with Crippen molar-refractivity contribution in [1.82, 2.24) is 0 Å². The molecule has 1 atom stereocenters. The highest BCUT2D eigenvalue weighted by atomic mass is 127. The van der Waals surface area contributed by atoms with Gasteiger partial charge in [-0.1, -0.05) is 15.9 Å². The minimum Gasteiger partial charge on any atom is -0.496 e. The molecule has 0 saturated carbocycles. The molecule has 19 heavy (non-hydrogen) atoms. The van der Waals surface area contributed by atoms with Gasteiger partial charge in [0.2, 0.25) is 0 Å². The molecule has 0 bridgehead atoms. The molecule has 0 radical (unpaired) electrons. The fourth-order valence-corrected chi connectivity index (χ4v) is 4.49. The van der Waals surface area contributed by atoms with Gasteiger partial charge in [-0.3, -0.25) is 0 Å². The summed E-state index contributed by atoms with van der Waals surface area (Å²) in [5, 5.41) is 1.92. The number of aryl methyl sites for hydroxylation is 1. The summed E-state index contributed by atoms with van der Waals surface area (Å²) >= 11 is 14.3. The zero-order valence-electron chi connectivity index (χ0n) is 10.8. The SMILES string of the molecule is COc1c(C)cc(Br)c(C)c1C(Cl)c1csc(I)c1. The Morgan fingerprint density at radius 2 is 2.05 bits per heavy atom. The summed E-state index contributed by atoms with van der Waals surface area (Å²) in [6.45, 7) is 4.10. The molecule has 102 valence electrons. The first-order valence-corrected chi connectivity index (χ1v) is 8.86. The van der Waals surface area contributed by atoms with Gasteiger partial charge in [-0.2, -0.15) is 0 Å². The van der Waals surface area contributed by atoms with Crippen molar-refractivity contribution < 1.29 is 4.74 Å². The highest BCUT2D eigenvalue weighted by Gasteiger charge is 2.22. The molecule has 0 fully saturated rings. The van der Waals surface area contributed by atoms with Crippen molar-refractivity contribution in [3.05, 3.63) is 47.1 Å². The van der Waals surface area contributed by atoms with Crippen LogP contribution in [0.1, 0.15) is 27.6 Å². The lowest BCUT2D eigenvalue weighted by Crippen LogP contribution is -2.02.